The van der Waals surface area contributed by atoms with Crippen LogP contribution < -0.4 is 5.73 Å². The van der Waals surface area contributed by atoms with Crippen molar-refractivity contribution >= 4 is 16.9 Å². The zero-order valence-electron chi connectivity index (χ0n) is 11.5. The van der Waals surface area contributed by atoms with Gasteiger partial charge in [-0.15, -0.1) is 0 Å². The number of hydrogen-bond acceptors (Lipinski definition) is 4. The predicted molar refractivity (Wildman–Crippen MR) is 77.2 cm³/mol. The summed E-state index contributed by atoms with van der Waals surface area (Å²) in [6.45, 7) is 3.50. The van der Waals surface area contributed by atoms with E-state index in [0.29, 0.717) is 17.0 Å². The lowest BCUT2D eigenvalue weighted by Crippen LogP contribution is -2.33. The van der Waals surface area contributed by atoms with Crippen LogP contribution in [0.1, 0.15) is 23.7 Å². The second-order valence-corrected chi connectivity index (χ2v) is 5.39. The minimum Gasteiger partial charge on any atom is -0.338 e. The number of carbonyl (C=O) groups is 1. The Kier molecular flexibility index (Phi) is 3.36. The van der Waals surface area contributed by atoms with Gasteiger partial charge in [-0.2, -0.15) is 0 Å². The number of likely N-dealkylation sites (tertiary alicyclic amines) is 1. The highest BCUT2D eigenvalue weighted by Gasteiger charge is 2.29. The number of carbonyl (C=O) groups excluding carboxylic acids is 1. The van der Waals surface area contributed by atoms with Crippen molar-refractivity contribution in [1.82, 2.24) is 14.9 Å². The van der Waals surface area contributed by atoms with Gasteiger partial charge in [0.2, 0.25) is 0 Å². The van der Waals surface area contributed by atoms with Crippen molar-refractivity contribution in [2.75, 3.05) is 13.1 Å². The number of benzene rings is 1. The topological polar surface area (TPSA) is 72.1 Å². The first kappa shape index (κ1) is 13.0. The van der Waals surface area contributed by atoms with Crippen LogP contribution in [0.25, 0.3) is 11.0 Å². The third-order valence-corrected chi connectivity index (χ3v) is 3.98. The fourth-order valence-corrected chi connectivity index (χ4v) is 2.74. The van der Waals surface area contributed by atoms with E-state index >= 15 is 0 Å². The van der Waals surface area contributed by atoms with E-state index in [0.717, 1.165) is 25.0 Å². The molecule has 0 radical (unpaired) electrons. The van der Waals surface area contributed by atoms with E-state index in [1.54, 1.807) is 12.4 Å². The van der Waals surface area contributed by atoms with Crippen LogP contribution >= 0.6 is 0 Å². The lowest BCUT2D eigenvalue weighted by molar-refractivity contribution is 0.0787. The maximum atomic E-state index is 12.6. The molecule has 5 heteroatoms. The summed E-state index contributed by atoms with van der Waals surface area (Å²) in [5, 5.41) is 0. The second kappa shape index (κ2) is 5.17. The first-order valence-electron chi connectivity index (χ1n) is 6.91. The average Bonchev–Trinajstić information content (AvgIpc) is 2.96. The van der Waals surface area contributed by atoms with Gasteiger partial charge in [0, 0.05) is 31.5 Å². The van der Waals surface area contributed by atoms with Crippen LogP contribution in [0.3, 0.4) is 0 Å². The van der Waals surface area contributed by atoms with Gasteiger partial charge in [0.05, 0.1) is 11.1 Å². The Bertz CT molecular complexity index is 635. The van der Waals surface area contributed by atoms with E-state index in [-0.39, 0.29) is 11.9 Å². The molecular weight excluding hydrogens is 252 g/mol. The zero-order valence-corrected chi connectivity index (χ0v) is 11.5. The van der Waals surface area contributed by atoms with Gasteiger partial charge >= 0.3 is 0 Å². The monoisotopic (exact) mass is 270 g/mol. The van der Waals surface area contributed by atoms with Crippen molar-refractivity contribution < 1.29 is 4.79 Å². The lowest BCUT2D eigenvalue weighted by atomic mass is 10.0. The number of para-hydroxylation sites is 1. The van der Waals surface area contributed by atoms with E-state index < -0.39 is 0 Å². The number of fused-ring (bicyclic) bond motifs is 1. The van der Waals surface area contributed by atoms with Gasteiger partial charge in [-0.25, -0.2) is 0 Å². The molecule has 1 amide bonds. The number of rotatable bonds is 2. The molecule has 0 spiro atoms. The van der Waals surface area contributed by atoms with Crippen molar-refractivity contribution in [3.63, 3.8) is 0 Å². The molecule has 1 aromatic heterocycles. The van der Waals surface area contributed by atoms with Gasteiger partial charge in [0.15, 0.2) is 0 Å². The van der Waals surface area contributed by atoms with Crippen LogP contribution in [0.2, 0.25) is 0 Å². The summed E-state index contributed by atoms with van der Waals surface area (Å²) >= 11 is 0. The largest absolute Gasteiger partial charge is 0.338 e. The standard InChI is InChI=1S/C15H18N4O/c1-10(16)11-5-8-19(9-11)15(20)12-3-2-4-13-14(12)18-7-6-17-13/h2-4,6-7,10-11H,5,8-9,16H2,1H3. The van der Waals surface area contributed by atoms with E-state index in [4.69, 9.17) is 5.73 Å². The molecule has 1 aliphatic rings. The Balaban J connectivity index is 1.90. The quantitative estimate of drug-likeness (QED) is 0.896. The number of nitrogens with zero attached hydrogens (tertiary/aromatic N) is 3. The summed E-state index contributed by atoms with van der Waals surface area (Å²) in [7, 11) is 0. The van der Waals surface area contributed by atoms with Gasteiger partial charge in [-0.3, -0.25) is 14.8 Å². The number of hydrogen-bond donors (Lipinski definition) is 1. The van der Waals surface area contributed by atoms with Crippen molar-refractivity contribution in [1.29, 1.82) is 0 Å². The van der Waals surface area contributed by atoms with E-state index in [9.17, 15) is 4.79 Å². The molecular formula is C15H18N4O. The molecule has 1 fully saturated rings. The first-order chi connectivity index (χ1) is 9.66. The van der Waals surface area contributed by atoms with Crippen LogP contribution in [0.4, 0.5) is 0 Å². The number of nitrogens with two attached hydrogens (primary N) is 1. The van der Waals surface area contributed by atoms with E-state index in [1.807, 2.05) is 30.0 Å². The SMILES string of the molecule is CC(N)C1CCN(C(=O)c2cccc3nccnc23)C1. The predicted octanol–water partition coefficient (Wildman–Crippen LogP) is 1.44. The summed E-state index contributed by atoms with van der Waals surface area (Å²) in [6, 6.07) is 5.66. The van der Waals surface area contributed by atoms with Gasteiger partial charge in [0.25, 0.3) is 5.91 Å². The molecule has 1 saturated heterocycles. The summed E-state index contributed by atoms with van der Waals surface area (Å²) in [5.74, 6) is 0.416. The number of aromatic nitrogens is 2. The van der Waals surface area contributed by atoms with Gasteiger partial charge < -0.3 is 10.6 Å². The van der Waals surface area contributed by atoms with Crippen LogP contribution in [-0.2, 0) is 0 Å². The summed E-state index contributed by atoms with van der Waals surface area (Å²) in [4.78, 5) is 23.1. The highest BCUT2D eigenvalue weighted by Crippen LogP contribution is 2.23. The molecule has 1 aliphatic heterocycles. The number of amides is 1. The van der Waals surface area contributed by atoms with Crippen molar-refractivity contribution in [2.45, 2.75) is 19.4 Å². The molecule has 2 aromatic rings. The minimum atomic E-state index is 0.0271. The molecule has 0 saturated carbocycles. The van der Waals surface area contributed by atoms with Crippen LogP contribution in [0.15, 0.2) is 30.6 Å². The maximum absolute atomic E-state index is 12.6. The van der Waals surface area contributed by atoms with Crippen molar-refractivity contribution in [2.24, 2.45) is 11.7 Å². The van der Waals surface area contributed by atoms with Gasteiger partial charge in [-0.1, -0.05) is 6.07 Å². The fourth-order valence-electron chi connectivity index (χ4n) is 2.74. The Labute approximate surface area is 117 Å². The van der Waals surface area contributed by atoms with Crippen LogP contribution in [0.5, 0.6) is 0 Å². The average molecular weight is 270 g/mol. The Morgan fingerprint density at radius 3 is 2.95 bits per heavy atom. The van der Waals surface area contributed by atoms with E-state index in [2.05, 4.69) is 9.97 Å². The van der Waals surface area contributed by atoms with Gasteiger partial charge in [0.1, 0.15) is 5.52 Å². The highest BCUT2D eigenvalue weighted by molar-refractivity contribution is 6.04. The molecule has 104 valence electrons. The van der Waals surface area contributed by atoms with Crippen molar-refractivity contribution in [3.05, 3.63) is 36.2 Å². The van der Waals surface area contributed by atoms with E-state index in [1.165, 1.54) is 0 Å². The Morgan fingerprint density at radius 1 is 1.40 bits per heavy atom. The zero-order chi connectivity index (χ0) is 14.1. The highest BCUT2D eigenvalue weighted by atomic mass is 16.2. The molecule has 2 N–H and O–H groups in total. The van der Waals surface area contributed by atoms with Crippen LogP contribution in [-0.4, -0.2) is 39.9 Å². The smallest absolute Gasteiger partial charge is 0.256 e. The Hall–Kier alpha value is -2.01. The van der Waals surface area contributed by atoms with Gasteiger partial charge in [-0.05, 0) is 31.4 Å². The third kappa shape index (κ3) is 2.25. The fraction of sp³-hybridized carbons (Fsp3) is 0.400. The molecule has 20 heavy (non-hydrogen) atoms. The normalized spacial score (nSPS) is 20.3. The molecule has 1 aromatic carbocycles. The molecule has 3 rings (SSSR count). The molecule has 0 bridgehead atoms. The molecule has 2 unspecified atom stereocenters. The van der Waals surface area contributed by atoms with Crippen LogP contribution in [0, 0.1) is 5.92 Å². The molecule has 2 atom stereocenters. The summed E-state index contributed by atoms with van der Waals surface area (Å²) in [5.41, 5.74) is 7.98. The third-order valence-electron chi connectivity index (χ3n) is 3.98. The summed E-state index contributed by atoms with van der Waals surface area (Å²) < 4.78 is 0. The molecule has 0 aliphatic carbocycles. The molecule has 2 heterocycles. The summed E-state index contributed by atoms with van der Waals surface area (Å²) in [6.07, 6.45) is 4.23. The first-order valence-corrected chi connectivity index (χ1v) is 6.91. The van der Waals surface area contributed by atoms with Crippen molar-refractivity contribution in [3.8, 4) is 0 Å². The minimum absolute atomic E-state index is 0.0271. The lowest BCUT2D eigenvalue weighted by Gasteiger charge is -2.18. The maximum Gasteiger partial charge on any atom is 0.256 e. The second-order valence-electron chi connectivity index (χ2n) is 5.39. The Morgan fingerprint density at radius 2 is 2.20 bits per heavy atom. The molecule has 5 nitrogen and oxygen atoms in total.